The minimum absolute atomic E-state index is 0.0271. The number of rotatable bonds is 0. The Morgan fingerprint density at radius 1 is 1.08 bits per heavy atom. The molecule has 10 atom stereocenters. The van der Waals surface area contributed by atoms with Crippen LogP contribution in [0.5, 0.6) is 0 Å². The van der Waals surface area contributed by atoms with Crippen LogP contribution in [0.2, 0.25) is 0 Å². The predicted molar refractivity (Wildman–Crippen MR) is 124 cm³/mol. The highest BCUT2D eigenvalue weighted by Gasteiger charge is 2.91. The zero-order valence-electron chi connectivity index (χ0n) is 21.0. The number of allylic oxidation sites excluding steroid dienone is 4. The molecule has 0 radical (unpaired) electrons. The number of Topliss-reactive ketones (excluding diaryl/α,β-unsaturated/α-hetero) is 1. The van der Waals surface area contributed by atoms with E-state index in [4.69, 9.17) is 14.2 Å². The summed E-state index contributed by atoms with van der Waals surface area (Å²) in [5.74, 6) is -7.72. The Morgan fingerprint density at radius 2 is 1.81 bits per heavy atom. The fourth-order valence-electron chi connectivity index (χ4n) is 9.22. The molecule has 1 saturated carbocycles. The van der Waals surface area contributed by atoms with Gasteiger partial charge < -0.3 is 24.4 Å². The molecule has 0 amide bonds. The minimum Gasteiger partial charge on any atom is -0.455 e. The molecule has 4 heterocycles. The predicted octanol–water partition coefficient (Wildman–Crippen LogP) is 1.46. The monoisotopic (exact) mass is 510 g/mol. The van der Waals surface area contributed by atoms with Crippen LogP contribution in [0.4, 0.5) is 0 Å². The van der Waals surface area contributed by atoms with Crippen LogP contribution >= 0.6 is 0 Å². The van der Waals surface area contributed by atoms with Gasteiger partial charge in [0.25, 0.3) is 0 Å². The average Bonchev–Trinajstić information content (AvgIpc) is 3.19. The van der Waals surface area contributed by atoms with Gasteiger partial charge in [-0.05, 0) is 57.9 Å². The number of esters is 2. The van der Waals surface area contributed by atoms with E-state index in [1.807, 2.05) is 6.08 Å². The molecule has 9 heteroatoms. The number of aliphatic hydroxyl groups is 2. The SMILES string of the molecule is C=C1C(=O)O[C@@H]2C[C@@]1(C)C1C(=O)[C@]3(O)O[C@@]14[C@@](O)(CCC1C3CC=C3CC=CC(=O)[C@@]31C)C(=O)O[C@@]24C. The van der Waals surface area contributed by atoms with E-state index in [9.17, 15) is 29.4 Å². The fraction of sp³-hybridized carbons (Fsp3) is 0.643. The Labute approximate surface area is 213 Å². The molecule has 2 N–H and O–H groups in total. The quantitative estimate of drug-likeness (QED) is 0.282. The maximum absolute atomic E-state index is 14.5. The summed E-state index contributed by atoms with van der Waals surface area (Å²) in [6, 6.07) is 0. The van der Waals surface area contributed by atoms with E-state index in [-0.39, 0.29) is 37.0 Å². The summed E-state index contributed by atoms with van der Waals surface area (Å²) in [7, 11) is 0. The van der Waals surface area contributed by atoms with Crippen LogP contribution in [0.3, 0.4) is 0 Å². The van der Waals surface area contributed by atoms with Gasteiger partial charge >= 0.3 is 11.9 Å². The standard InChI is InChI=1S/C28H30O9/c1-13-21(31)35-18-12-23(13,2)19-20(30)27(34)16-9-8-14-6-5-7-17(29)24(14,3)15(16)10-11-26(33)22(32)36-25(18,4)28(19,26)37-27/h5,7-8,15-16,18-19,33-34H,1,6,9-12H2,2-4H3/t15?,16?,18-,19?,23-,24+,25+,26-,27-,28+/m1/s1. The molecule has 196 valence electrons. The van der Waals surface area contributed by atoms with Crippen LogP contribution in [0.1, 0.15) is 52.9 Å². The fourth-order valence-corrected chi connectivity index (χ4v) is 9.22. The van der Waals surface area contributed by atoms with Gasteiger partial charge in [0.05, 0.1) is 11.3 Å². The van der Waals surface area contributed by atoms with Gasteiger partial charge in [0.1, 0.15) is 6.10 Å². The van der Waals surface area contributed by atoms with E-state index < -0.39 is 75.0 Å². The Bertz CT molecular complexity index is 1310. The summed E-state index contributed by atoms with van der Waals surface area (Å²) in [6.07, 6.45) is 5.20. The van der Waals surface area contributed by atoms with Crippen LogP contribution in [-0.4, -0.2) is 62.4 Å². The third-order valence-electron chi connectivity index (χ3n) is 11.3. The molecule has 0 aromatic carbocycles. The van der Waals surface area contributed by atoms with Crippen molar-refractivity contribution in [3.63, 3.8) is 0 Å². The molecule has 0 aromatic heterocycles. The van der Waals surface area contributed by atoms with Gasteiger partial charge in [-0.1, -0.05) is 31.2 Å². The molecule has 5 fully saturated rings. The summed E-state index contributed by atoms with van der Waals surface area (Å²) in [4.78, 5) is 54.3. The first-order chi connectivity index (χ1) is 17.2. The van der Waals surface area contributed by atoms with Crippen molar-refractivity contribution in [2.24, 2.45) is 28.6 Å². The van der Waals surface area contributed by atoms with Crippen molar-refractivity contribution < 1.29 is 43.6 Å². The molecule has 0 aromatic rings. The maximum atomic E-state index is 14.5. The normalized spacial score (nSPS) is 55.4. The van der Waals surface area contributed by atoms with Gasteiger partial charge in [0.2, 0.25) is 5.79 Å². The first kappa shape index (κ1) is 23.5. The highest BCUT2D eigenvalue weighted by Crippen LogP contribution is 2.73. The lowest BCUT2D eigenvalue weighted by atomic mass is 9.47. The van der Waals surface area contributed by atoms with Crippen LogP contribution in [0.15, 0.2) is 36.0 Å². The Kier molecular flexibility index (Phi) is 4.02. The van der Waals surface area contributed by atoms with E-state index in [1.165, 1.54) is 13.0 Å². The van der Waals surface area contributed by atoms with Crippen molar-refractivity contribution >= 4 is 23.5 Å². The van der Waals surface area contributed by atoms with E-state index in [0.29, 0.717) is 6.42 Å². The number of ether oxygens (including phenoxy) is 3. The first-order valence-corrected chi connectivity index (χ1v) is 13.0. The molecule has 4 bridgehead atoms. The van der Waals surface area contributed by atoms with E-state index in [2.05, 4.69) is 6.58 Å². The second-order valence-electron chi connectivity index (χ2n) is 12.6. The minimum atomic E-state index is -2.44. The third-order valence-corrected chi connectivity index (χ3v) is 11.3. The summed E-state index contributed by atoms with van der Waals surface area (Å²) in [5, 5.41) is 24.6. The maximum Gasteiger partial charge on any atom is 0.342 e. The molecule has 4 aliphatic heterocycles. The number of fused-ring (bicyclic) bond motifs is 9. The van der Waals surface area contributed by atoms with E-state index in [1.54, 1.807) is 19.9 Å². The molecule has 3 unspecified atom stereocenters. The van der Waals surface area contributed by atoms with Crippen molar-refractivity contribution in [3.05, 3.63) is 36.0 Å². The molecule has 7 rings (SSSR count). The highest BCUT2D eigenvalue weighted by atomic mass is 16.7. The second-order valence-corrected chi connectivity index (χ2v) is 12.6. The van der Waals surface area contributed by atoms with Gasteiger partial charge in [-0.25, -0.2) is 9.59 Å². The van der Waals surface area contributed by atoms with Crippen LogP contribution < -0.4 is 0 Å². The van der Waals surface area contributed by atoms with Crippen molar-refractivity contribution in [3.8, 4) is 0 Å². The number of carbonyl (C=O) groups excluding carboxylic acids is 4. The second kappa shape index (κ2) is 6.33. The average molecular weight is 511 g/mol. The van der Waals surface area contributed by atoms with Gasteiger partial charge in [-0.15, -0.1) is 0 Å². The lowest BCUT2D eigenvalue weighted by molar-refractivity contribution is -0.339. The van der Waals surface area contributed by atoms with E-state index >= 15 is 0 Å². The summed E-state index contributed by atoms with van der Waals surface area (Å²) in [5.41, 5.74) is -7.44. The molecule has 1 spiro atoms. The van der Waals surface area contributed by atoms with Crippen molar-refractivity contribution in [2.45, 2.75) is 81.6 Å². The van der Waals surface area contributed by atoms with Gasteiger partial charge in [-0.3, -0.25) is 9.59 Å². The zero-order chi connectivity index (χ0) is 26.6. The number of hydrogen-bond acceptors (Lipinski definition) is 9. The Hall–Kier alpha value is -2.62. The first-order valence-electron chi connectivity index (χ1n) is 13.0. The van der Waals surface area contributed by atoms with Crippen LogP contribution in [0, 0.1) is 28.6 Å². The molecule has 4 saturated heterocycles. The number of ketones is 2. The summed E-state index contributed by atoms with van der Waals surface area (Å²) in [6.45, 7) is 8.91. The molecule has 37 heavy (non-hydrogen) atoms. The van der Waals surface area contributed by atoms with Gasteiger partial charge in [0.15, 0.2) is 28.4 Å². The molecular weight excluding hydrogens is 480 g/mol. The van der Waals surface area contributed by atoms with Crippen molar-refractivity contribution in [2.75, 3.05) is 0 Å². The smallest absolute Gasteiger partial charge is 0.342 e. The largest absolute Gasteiger partial charge is 0.455 e. The lowest BCUT2D eigenvalue weighted by Crippen LogP contribution is -2.77. The summed E-state index contributed by atoms with van der Waals surface area (Å²) >= 11 is 0. The lowest BCUT2D eigenvalue weighted by Gasteiger charge is -2.60. The molecular formula is C28H30O9. The molecule has 3 aliphatic carbocycles. The Balaban J connectivity index is 1.50. The van der Waals surface area contributed by atoms with Crippen LogP contribution in [-0.2, 0) is 33.4 Å². The van der Waals surface area contributed by atoms with Crippen molar-refractivity contribution in [1.29, 1.82) is 0 Å². The van der Waals surface area contributed by atoms with E-state index in [0.717, 1.165) is 5.57 Å². The zero-order valence-corrected chi connectivity index (χ0v) is 21.0. The molecule has 9 nitrogen and oxygen atoms in total. The summed E-state index contributed by atoms with van der Waals surface area (Å²) < 4.78 is 18.0. The van der Waals surface area contributed by atoms with Gasteiger partial charge in [-0.2, -0.15) is 0 Å². The Morgan fingerprint density at radius 3 is 2.54 bits per heavy atom. The highest BCUT2D eigenvalue weighted by molar-refractivity contribution is 6.02. The topological polar surface area (TPSA) is 136 Å². The van der Waals surface area contributed by atoms with Crippen molar-refractivity contribution in [1.82, 2.24) is 0 Å². The number of carbonyl (C=O) groups is 4. The van der Waals surface area contributed by atoms with Gasteiger partial charge in [0, 0.05) is 16.9 Å². The number of hydrogen-bond donors (Lipinski definition) is 2. The van der Waals surface area contributed by atoms with Crippen LogP contribution in [0.25, 0.3) is 0 Å². The molecule has 7 aliphatic rings. The third kappa shape index (κ3) is 2.12.